The summed E-state index contributed by atoms with van der Waals surface area (Å²) in [6.07, 6.45) is 0.588. The van der Waals surface area contributed by atoms with E-state index in [0.717, 1.165) is 11.1 Å². The number of hydrogen-bond donors (Lipinski definition) is 1. The topological polar surface area (TPSA) is 72.5 Å². The largest absolute Gasteiger partial charge is 0.463 e. The first-order chi connectivity index (χ1) is 12.1. The second-order valence-corrected chi connectivity index (χ2v) is 5.74. The lowest BCUT2D eigenvalue weighted by atomic mass is 10.0. The molecule has 0 aromatic heterocycles. The van der Waals surface area contributed by atoms with Gasteiger partial charge in [0.05, 0.1) is 13.5 Å². The summed E-state index contributed by atoms with van der Waals surface area (Å²) in [5.41, 5.74) is 1.86. The van der Waals surface area contributed by atoms with E-state index in [0.29, 0.717) is 6.42 Å². The van der Waals surface area contributed by atoms with E-state index in [-0.39, 0.29) is 18.7 Å². The van der Waals surface area contributed by atoms with Crippen LogP contribution >= 0.6 is 0 Å². The minimum absolute atomic E-state index is 0.0951. The van der Waals surface area contributed by atoms with Gasteiger partial charge in [-0.1, -0.05) is 60.7 Å². The van der Waals surface area contributed by atoms with Crippen molar-refractivity contribution < 1.29 is 19.1 Å². The zero-order chi connectivity index (χ0) is 18.1. The maximum atomic E-state index is 12.3. The Labute approximate surface area is 147 Å². The van der Waals surface area contributed by atoms with Crippen molar-refractivity contribution in [2.24, 2.45) is 0 Å². The van der Waals surface area contributed by atoms with Gasteiger partial charge >= 0.3 is 5.97 Å². The first-order valence-electron chi connectivity index (χ1n) is 8.07. The smallest absolute Gasteiger partial charge is 0.374 e. The Balaban J connectivity index is 2.03. The van der Waals surface area contributed by atoms with E-state index < -0.39 is 17.8 Å². The maximum Gasteiger partial charge on any atom is 0.374 e. The summed E-state index contributed by atoms with van der Waals surface area (Å²) >= 11 is 0. The fourth-order valence-corrected chi connectivity index (χ4v) is 2.55. The van der Waals surface area contributed by atoms with Gasteiger partial charge in [0.1, 0.15) is 0 Å². The fourth-order valence-electron chi connectivity index (χ4n) is 2.55. The molecule has 1 amide bonds. The number of carbonyl (C=O) groups excluding carboxylic acids is 3. The molecule has 2 rings (SSSR count). The van der Waals surface area contributed by atoms with E-state index in [1.54, 1.807) is 0 Å². The number of Topliss-reactive ketones (excluding diaryl/α,β-unsaturated/α-hetero) is 1. The Kier molecular flexibility index (Phi) is 6.89. The van der Waals surface area contributed by atoms with Crippen molar-refractivity contribution >= 4 is 17.7 Å². The number of rotatable bonds is 8. The Hall–Kier alpha value is -2.95. The molecule has 0 bridgehead atoms. The standard InChI is InChI=1S/C20H21NO4/c1-25-20(24)18(22)14-17(12-15-8-4-2-5-9-15)21-19(23)13-16-10-6-3-7-11-16/h2-11,17H,12-14H2,1H3,(H,21,23)/t17-/m0/s1. The van der Waals surface area contributed by atoms with Crippen molar-refractivity contribution in [3.8, 4) is 0 Å². The zero-order valence-electron chi connectivity index (χ0n) is 14.1. The third kappa shape index (κ3) is 6.22. The fraction of sp³-hybridized carbons (Fsp3) is 0.250. The second-order valence-electron chi connectivity index (χ2n) is 5.74. The van der Waals surface area contributed by atoms with Gasteiger partial charge in [0.15, 0.2) is 0 Å². The lowest BCUT2D eigenvalue weighted by Gasteiger charge is -2.18. The molecule has 0 fully saturated rings. The molecule has 5 heteroatoms. The summed E-state index contributed by atoms with van der Waals surface area (Å²) in [6.45, 7) is 0. The molecule has 0 spiro atoms. The van der Waals surface area contributed by atoms with Crippen LogP contribution in [0.4, 0.5) is 0 Å². The van der Waals surface area contributed by atoms with Crippen LogP contribution in [0, 0.1) is 0 Å². The number of ether oxygens (including phenoxy) is 1. The summed E-state index contributed by atoms with van der Waals surface area (Å²) < 4.78 is 4.46. The molecule has 0 radical (unpaired) electrons. The first kappa shape index (κ1) is 18.4. The number of esters is 1. The van der Waals surface area contributed by atoms with Crippen molar-refractivity contribution in [3.63, 3.8) is 0 Å². The number of hydrogen-bond acceptors (Lipinski definition) is 4. The predicted molar refractivity (Wildman–Crippen MR) is 93.9 cm³/mol. The van der Waals surface area contributed by atoms with Gasteiger partial charge in [0.2, 0.25) is 11.7 Å². The molecule has 0 aliphatic heterocycles. The quantitative estimate of drug-likeness (QED) is 0.590. The molecule has 0 aliphatic carbocycles. The normalized spacial score (nSPS) is 11.4. The van der Waals surface area contributed by atoms with E-state index >= 15 is 0 Å². The first-order valence-corrected chi connectivity index (χ1v) is 8.07. The molecule has 2 aromatic carbocycles. The van der Waals surface area contributed by atoms with Crippen molar-refractivity contribution in [1.82, 2.24) is 5.32 Å². The highest BCUT2D eigenvalue weighted by molar-refractivity contribution is 6.33. The van der Waals surface area contributed by atoms with Gasteiger partial charge in [0, 0.05) is 12.5 Å². The molecule has 0 aliphatic rings. The third-order valence-corrected chi connectivity index (χ3v) is 3.74. The molecule has 1 atom stereocenters. The molecule has 0 saturated heterocycles. The van der Waals surface area contributed by atoms with Crippen LogP contribution in [0.1, 0.15) is 17.5 Å². The maximum absolute atomic E-state index is 12.3. The Morgan fingerprint density at radius 3 is 2.04 bits per heavy atom. The molecular weight excluding hydrogens is 318 g/mol. The number of benzene rings is 2. The monoisotopic (exact) mass is 339 g/mol. The highest BCUT2D eigenvalue weighted by Crippen LogP contribution is 2.08. The molecular formula is C20H21NO4. The Bertz CT molecular complexity index is 713. The third-order valence-electron chi connectivity index (χ3n) is 3.74. The van der Waals surface area contributed by atoms with Crippen LogP contribution in [0.3, 0.4) is 0 Å². The van der Waals surface area contributed by atoms with Crippen LogP contribution in [0.2, 0.25) is 0 Å². The van der Waals surface area contributed by atoms with Crippen molar-refractivity contribution in [1.29, 1.82) is 0 Å². The van der Waals surface area contributed by atoms with Gasteiger partial charge in [-0.05, 0) is 17.5 Å². The van der Waals surface area contributed by atoms with Crippen LogP contribution in [0.15, 0.2) is 60.7 Å². The Morgan fingerprint density at radius 1 is 0.920 bits per heavy atom. The van der Waals surface area contributed by atoms with E-state index in [1.807, 2.05) is 60.7 Å². The average molecular weight is 339 g/mol. The number of methoxy groups -OCH3 is 1. The summed E-state index contributed by atoms with van der Waals surface area (Å²) in [5, 5.41) is 2.86. The van der Waals surface area contributed by atoms with Gasteiger partial charge in [-0.2, -0.15) is 0 Å². The van der Waals surface area contributed by atoms with Gasteiger partial charge in [-0.15, -0.1) is 0 Å². The molecule has 0 heterocycles. The highest BCUT2D eigenvalue weighted by Gasteiger charge is 2.22. The molecule has 0 saturated carbocycles. The van der Waals surface area contributed by atoms with Crippen molar-refractivity contribution in [2.75, 3.05) is 7.11 Å². The van der Waals surface area contributed by atoms with Crippen molar-refractivity contribution in [2.45, 2.75) is 25.3 Å². The average Bonchev–Trinajstić information content (AvgIpc) is 2.62. The van der Waals surface area contributed by atoms with E-state index in [4.69, 9.17) is 0 Å². The van der Waals surface area contributed by atoms with E-state index in [1.165, 1.54) is 7.11 Å². The number of ketones is 1. The lowest BCUT2D eigenvalue weighted by molar-refractivity contribution is -0.152. The summed E-state index contributed by atoms with van der Waals surface area (Å²) in [7, 11) is 1.17. The summed E-state index contributed by atoms with van der Waals surface area (Å²) in [6, 6.07) is 18.4. The van der Waals surface area contributed by atoms with Gasteiger partial charge in [0.25, 0.3) is 0 Å². The number of nitrogens with one attached hydrogen (secondary N) is 1. The lowest BCUT2D eigenvalue weighted by Crippen LogP contribution is -2.40. The number of amides is 1. The summed E-state index contributed by atoms with van der Waals surface area (Å²) in [4.78, 5) is 35.6. The molecule has 5 nitrogen and oxygen atoms in total. The van der Waals surface area contributed by atoms with Crippen LogP contribution < -0.4 is 5.32 Å². The zero-order valence-corrected chi connectivity index (χ0v) is 14.1. The molecule has 2 aromatic rings. The molecule has 0 unspecified atom stereocenters. The minimum atomic E-state index is -0.893. The van der Waals surface area contributed by atoms with Crippen LogP contribution in [-0.2, 0) is 32.0 Å². The second kappa shape index (κ2) is 9.37. The van der Waals surface area contributed by atoms with E-state index in [9.17, 15) is 14.4 Å². The Morgan fingerprint density at radius 2 is 1.48 bits per heavy atom. The van der Waals surface area contributed by atoms with Crippen LogP contribution in [-0.4, -0.2) is 30.8 Å². The van der Waals surface area contributed by atoms with Gasteiger partial charge < -0.3 is 10.1 Å². The predicted octanol–water partition coefficient (Wildman–Crippen LogP) is 2.09. The number of carbonyl (C=O) groups is 3. The van der Waals surface area contributed by atoms with Crippen LogP contribution in [0.5, 0.6) is 0 Å². The SMILES string of the molecule is COC(=O)C(=O)C[C@H](Cc1ccccc1)NC(=O)Cc1ccccc1. The van der Waals surface area contributed by atoms with E-state index in [2.05, 4.69) is 10.1 Å². The minimum Gasteiger partial charge on any atom is -0.463 e. The molecule has 130 valence electrons. The highest BCUT2D eigenvalue weighted by atomic mass is 16.5. The molecule has 25 heavy (non-hydrogen) atoms. The molecule has 1 N–H and O–H groups in total. The van der Waals surface area contributed by atoms with Gasteiger partial charge in [-0.25, -0.2) is 4.79 Å². The van der Waals surface area contributed by atoms with Gasteiger partial charge in [-0.3, -0.25) is 9.59 Å². The van der Waals surface area contributed by atoms with Crippen molar-refractivity contribution in [3.05, 3.63) is 71.8 Å². The van der Waals surface area contributed by atoms with Crippen LogP contribution in [0.25, 0.3) is 0 Å². The summed E-state index contributed by atoms with van der Waals surface area (Å²) in [5.74, 6) is -1.73.